The summed E-state index contributed by atoms with van der Waals surface area (Å²) in [6.07, 6.45) is 2.59. The molecule has 15 heavy (non-hydrogen) atoms. The average molecular weight is 204 g/mol. The number of amides is 1. The molecule has 0 saturated heterocycles. The quantitative estimate of drug-likeness (QED) is 0.801. The van der Waals surface area contributed by atoms with Crippen molar-refractivity contribution >= 4 is 17.8 Å². The maximum Gasteiger partial charge on any atom is 0.221 e. The highest BCUT2D eigenvalue weighted by Crippen LogP contribution is 2.25. The van der Waals surface area contributed by atoms with Gasteiger partial charge in [0, 0.05) is 25.2 Å². The summed E-state index contributed by atoms with van der Waals surface area (Å²) < 4.78 is 0. The number of hydrogen-bond acceptors (Lipinski definition) is 3. The molecule has 1 aromatic rings. The van der Waals surface area contributed by atoms with Gasteiger partial charge in [0.25, 0.3) is 0 Å². The first-order valence-electron chi connectivity index (χ1n) is 4.81. The van der Waals surface area contributed by atoms with E-state index in [2.05, 4.69) is 10.5 Å². The predicted molar refractivity (Wildman–Crippen MR) is 57.7 cm³/mol. The molecule has 0 fully saturated rings. The molecule has 0 aromatic heterocycles. The Balaban J connectivity index is 2.06. The van der Waals surface area contributed by atoms with Crippen molar-refractivity contribution in [1.29, 1.82) is 0 Å². The number of carbonyl (C=O) groups excluding carboxylic acids is 1. The topological polar surface area (TPSA) is 50.7 Å². The number of oxime groups is 1. The minimum Gasteiger partial charge on any atom is -0.388 e. The number of anilines is 1. The molecule has 0 aliphatic carbocycles. The van der Waals surface area contributed by atoms with Crippen molar-refractivity contribution in [3.05, 3.63) is 29.8 Å². The van der Waals surface area contributed by atoms with E-state index in [1.54, 1.807) is 6.21 Å². The molecule has 1 aliphatic heterocycles. The third-order valence-corrected chi connectivity index (χ3v) is 2.18. The van der Waals surface area contributed by atoms with Crippen LogP contribution in [0.25, 0.3) is 0 Å². The summed E-state index contributed by atoms with van der Waals surface area (Å²) in [4.78, 5) is 15.9. The summed E-state index contributed by atoms with van der Waals surface area (Å²) in [7, 11) is 0. The van der Waals surface area contributed by atoms with Crippen molar-refractivity contribution in [2.75, 3.05) is 5.32 Å². The molecule has 0 spiro atoms. The SMILES string of the molecule is CC(=O)Nc1ccc([C@H]2CC=NO2)cc1. The van der Waals surface area contributed by atoms with Crippen LogP contribution < -0.4 is 5.32 Å². The van der Waals surface area contributed by atoms with Gasteiger partial charge in [-0.25, -0.2) is 0 Å². The third-order valence-electron chi connectivity index (χ3n) is 2.18. The van der Waals surface area contributed by atoms with E-state index >= 15 is 0 Å². The zero-order valence-corrected chi connectivity index (χ0v) is 8.43. The Morgan fingerprint density at radius 1 is 1.47 bits per heavy atom. The second-order valence-electron chi connectivity index (χ2n) is 3.42. The van der Waals surface area contributed by atoms with Gasteiger partial charge in [0.1, 0.15) is 0 Å². The number of hydrogen-bond donors (Lipinski definition) is 1. The molecule has 0 radical (unpaired) electrons. The molecule has 0 bridgehead atoms. The van der Waals surface area contributed by atoms with Crippen LogP contribution in [0.3, 0.4) is 0 Å². The fourth-order valence-corrected chi connectivity index (χ4v) is 1.48. The van der Waals surface area contributed by atoms with Crippen LogP contribution in [0.2, 0.25) is 0 Å². The maximum atomic E-state index is 10.8. The summed E-state index contributed by atoms with van der Waals surface area (Å²) in [6.45, 7) is 1.49. The van der Waals surface area contributed by atoms with Crippen LogP contribution in [-0.4, -0.2) is 12.1 Å². The Bertz CT molecular complexity index is 376. The van der Waals surface area contributed by atoms with Crippen LogP contribution in [0, 0.1) is 0 Å². The van der Waals surface area contributed by atoms with E-state index in [1.807, 2.05) is 24.3 Å². The fraction of sp³-hybridized carbons (Fsp3) is 0.273. The second-order valence-corrected chi connectivity index (χ2v) is 3.42. The second kappa shape index (κ2) is 4.13. The highest BCUT2D eigenvalue weighted by atomic mass is 16.6. The molecule has 78 valence electrons. The molecule has 4 heteroatoms. The van der Waals surface area contributed by atoms with Gasteiger partial charge in [-0.15, -0.1) is 0 Å². The number of nitrogens with zero attached hydrogens (tertiary/aromatic N) is 1. The van der Waals surface area contributed by atoms with Crippen molar-refractivity contribution in [3.8, 4) is 0 Å². The van der Waals surface area contributed by atoms with Crippen LogP contribution in [0.1, 0.15) is 25.0 Å². The predicted octanol–water partition coefficient (Wildman–Crippen LogP) is 2.09. The largest absolute Gasteiger partial charge is 0.388 e. The fourth-order valence-electron chi connectivity index (χ4n) is 1.48. The van der Waals surface area contributed by atoms with Crippen LogP contribution in [-0.2, 0) is 9.63 Å². The average Bonchev–Trinajstić information content (AvgIpc) is 2.71. The Labute approximate surface area is 87.9 Å². The van der Waals surface area contributed by atoms with Crippen LogP contribution >= 0.6 is 0 Å². The molecule has 4 nitrogen and oxygen atoms in total. The number of rotatable bonds is 2. The first kappa shape index (κ1) is 9.71. The molecular formula is C11H12N2O2. The molecule has 1 aliphatic rings. The smallest absolute Gasteiger partial charge is 0.221 e. The zero-order valence-electron chi connectivity index (χ0n) is 8.43. The number of benzene rings is 1. The first-order valence-corrected chi connectivity index (χ1v) is 4.81. The normalized spacial score (nSPS) is 18.6. The Morgan fingerprint density at radius 3 is 2.73 bits per heavy atom. The molecule has 1 atom stereocenters. The number of nitrogens with one attached hydrogen (secondary N) is 1. The summed E-state index contributed by atoms with van der Waals surface area (Å²) in [5, 5.41) is 6.43. The Hall–Kier alpha value is -1.84. The molecule has 1 N–H and O–H groups in total. The van der Waals surface area contributed by atoms with E-state index in [0.717, 1.165) is 17.7 Å². The number of carbonyl (C=O) groups is 1. The Morgan fingerprint density at radius 2 is 2.20 bits per heavy atom. The van der Waals surface area contributed by atoms with Gasteiger partial charge in [0.15, 0.2) is 6.10 Å². The summed E-state index contributed by atoms with van der Waals surface area (Å²) in [5.74, 6) is -0.0665. The standard InChI is InChI=1S/C11H12N2O2/c1-8(14)13-10-4-2-9(3-5-10)11-6-7-12-15-11/h2-5,7,11H,6H2,1H3,(H,13,14)/t11-/m1/s1. The highest BCUT2D eigenvalue weighted by Gasteiger charge is 2.15. The van der Waals surface area contributed by atoms with Crippen molar-refractivity contribution < 1.29 is 9.63 Å². The van der Waals surface area contributed by atoms with Crippen molar-refractivity contribution in [2.45, 2.75) is 19.4 Å². The third kappa shape index (κ3) is 2.34. The van der Waals surface area contributed by atoms with Crippen LogP contribution in [0.15, 0.2) is 29.4 Å². The van der Waals surface area contributed by atoms with Crippen LogP contribution in [0.4, 0.5) is 5.69 Å². The molecular weight excluding hydrogens is 192 g/mol. The first-order chi connectivity index (χ1) is 7.25. The lowest BCUT2D eigenvalue weighted by atomic mass is 10.1. The van der Waals surface area contributed by atoms with Gasteiger partial charge in [-0.2, -0.15) is 0 Å². The van der Waals surface area contributed by atoms with Gasteiger partial charge in [-0.05, 0) is 17.7 Å². The molecule has 1 heterocycles. The highest BCUT2D eigenvalue weighted by molar-refractivity contribution is 5.88. The summed E-state index contributed by atoms with van der Waals surface area (Å²) >= 11 is 0. The molecule has 2 rings (SSSR count). The van der Waals surface area contributed by atoms with Gasteiger partial charge in [-0.3, -0.25) is 4.79 Å². The van der Waals surface area contributed by atoms with Gasteiger partial charge < -0.3 is 10.2 Å². The lowest BCUT2D eigenvalue weighted by Crippen LogP contribution is -2.05. The van der Waals surface area contributed by atoms with E-state index in [-0.39, 0.29) is 12.0 Å². The maximum absolute atomic E-state index is 10.8. The minimum atomic E-state index is -0.0665. The van der Waals surface area contributed by atoms with Crippen molar-refractivity contribution in [2.24, 2.45) is 5.16 Å². The van der Waals surface area contributed by atoms with Gasteiger partial charge in [0.2, 0.25) is 5.91 Å². The minimum absolute atomic E-state index is 0.0244. The molecule has 0 unspecified atom stereocenters. The Kier molecular flexibility index (Phi) is 2.67. The molecule has 0 saturated carbocycles. The van der Waals surface area contributed by atoms with E-state index < -0.39 is 0 Å². The van der Waals surface area contributed by atoms with Crippen LogP contribution in [0.5, 0.6) is 0 Å². The monoisotopic (exact) mass is 204 g/mol. The summed E-state index contributed by atoms with van der Waals surface area (Å²) in [6, 6.07) is 7.59. The van der Waals surface area contributed by atoms with E-state index in [9.17, 15) is 4.79 Å². The lowest BCUT2D eigenvalue weighted by molar-refractivity contribution is -0.114. The van der Waals surface area contributed by atoms with E-state index in [0.29, 0.717) is 0 Å². The van der Waals surface area contributed by atoms with Gasteiger partial charge in [-0.1, -0.05) is 17.3 Å². The van der Waals surface area contributed by atoms with Crippen molar-refractivity contribution in [3.63, 3.8) is 0 Å². The van der Waals surface area contributed by atoms with E-state index in [1.165, 1.54) is 6.92 Å². The zero-order chi connectivity index (χ0) is 10.7. The molecule has 1 amide bonds. The molecule has 1 aromatic carbocycles. The lowest BCUT2D eigenvalue weighted by Gasteiger charge is -2.09. The van der Waals surface area contributed by atoms with E-state index in [4.69, 9.17) is 4.84 Å². The van der Waals surface area contributed by atoms with Crippen molar-refractivity contribution in [1.82, 2.24) is 0 Å². The summed E-state index contributed by atoms with van der Waals surface area (Å²) in [5.41, 5.74) is 1.87. The van der Waals surface area contributed by atoms with Gasteiger partial charge >= 0.3 is 0 Å². The van der Waals surface area contributed by atoms with Gasteiger partial charge in [0.05, 0.1) is 0 Å².